The number of hydrogen-bond acceptors (Lipinski definition) is 4. The largest absolute Gasteiger partial charge is 0.349 e. The highest BCUT2D eigenvalue weighted by Gasteiger charge is 2.15. The molecule has 1 unspecified atom stereocenters. The second-order valence-corrected chi connectivity index (χ2v) is 3.77. The minimum atomic E-state index is 0.461. The molecule has 2 N–H and O–H groups in total. The fourth-order valence-corrected chi connectivity index (χ4v) is 1.85. The Balaban J connectivity index is 1.84. The molecule has 1 aliphatic heterocycles. The molecule has 0 aliphatic carbocycles. The maximum absolute atomic E-state index is 4.39. The summed E-state index contributed by atoms with van der Waals surface area (Å²) >= 11 is 0. The summed E-state index contributed by atoms with van der Waals surface area (Å²) in [4.78, 5) is 4.39. The van der Waals surface area contributed by atoms with E-state index in [1.807, 2.05) is 24.4 Å². The number of pyridine rings is 1. The molecule has 1 aliphatic rings. The van der Waals surface area contributed by atoms with E-state index in [4.69, 9.17) is 0 Å². The normalized spacial score (nSPS) is 20.9. The van der Waals surface area contributed by atoms with Crippen molar-refractivity contribution in [1.82, 2.24) is 19.9 Å². The van der Waals surface area contributed by atoms with Crippen LogP contribution in [0.15, 0.2) is 24.4 Å². The van der Waals surface area contributed by atoms with Crippen LogP contribution in [0.5, 0.6) is 0 Å². The number of fused-ring (bicyclic) bond motifs is 1. The number of anilines is 1. The Morgan fingerprint density at radius 1 is 1.47 bits per heavy atom. The molecule has 0 aromatic carbocycles. The molecule has 3 heterocycles. The lowest BCUT2D eigenvalue weighted by Gasteiger charge is -2.07. The van der Waals surface area contributed by atoms with Crippen LogP contribution in [-0.2, 0) is 0 Å². The van der Waals surface area contributed by atoms with Crippen molar-refractivity contribution in [1.29, 1.82) is 0 Å². The van der Waals surface area contributed by atoms with Gasteiger partial charge in [0.15, 0.2) is 5.65 Å². The van der Waals surface area contributed by atoms with Gasteiger partial charge in [0.25, 0.3) is 0 Å². The third kappa shape index (κ3) is 1.66. The third-order valence-electron chi connectivity index (χ3n) is 2.63. The quantitative estimate of drug-likeness (QED) is 0.746. The summed E-state index contributed by atoms with van der Waals surface area (Å²) in [5, 5.41) is 11.0. The van der Waals surface area contributed by atoms with Gasteiger partial charge in [0.2, 0.25) is 5.95 Å². The van der Waals surface area contributed by atoms with E-state index in [1.165, 1.54) is 0 Å². The van der Waals surface area contributed by atoms with Gasteiger partial charge in [-0.1, -0.05) is 6.07 Å². The zero-order valence-corrected chi connectivity index (χ0v) is 8.35. The highest BCUT2D eigenvalue weighted by atomic mass is 15.3. The van der Waals surface area contributed by atoms with Crippen LogP contribution < -0.4 is 10.6 Å². The van der Waals surface area contributed by atoms with Crippen LogP contribution in [0.25, 0.3) is 5.65 Å². The van der Waals surface area contributed by atoms with Crippen LogP contribution in [0.4, 0.5) is 5.95 Å². The smallest absolute Gasteiger partial charge is 0.243 e. The zero-order valence-electron chi connectivity index (χ0n) is 8.35. The summed E-state index contributed by atoms with van der Waals surface area (Å²) < 4.78 is 1.78. The summed E-state index contributed by atoms with van der Waals surface area (Å²) in [7, 11) is 0. The first kappa shape index (κ1) is 8.67. The number of rotatable bonds is 2. The molecule has 1 atom stereocenters. The summed E-state index contributed by atoms with van der Waals surface area (Å²) in [6, 6.07) is 6.32. The molecule has 2 aromatic heterocycles. The second-order valence-electron chi connectivity index (χ2n) is 3.77. The third-order valence-corrected chi connectivity index (χ3v) is 2.63. The molecular formula is C10H13N5. The Kier molecular flexibility index (Phi) is 2.03. The molecule has 5 heteroatoms. The lowest BCUT2D eigenvalue weighted by molar-refractivity contribution is 0.779. The monoisotopic (exact) mass is 203 g/mol. The van der Waals surface area contributed by atoms with Gasteiger partial charge in [-0.2, -0.15) is 4.98 Å². The summed E-state index contributed by atoms with van der Waals surface area (Å²) in [6.07, 6.45) is 3.04. The average molecular weight is 203 g/mol. The van der Waals surface area contributed by atoms with Crippen molar-refractivity contribution in [2.75, 3.05) is 18.4 Å². The number of hydrogen-bond donors (Lipinski definition) is 2. The second kappa shape index (κ2) is 3.51. The van der Waals surface area contributed by atoms with Gasteiger partial charge in [-0.15, -0.1) is 5.10 Å². The molecule has 78 valence electrons. The Bertz CT molecular complexity index is 425. The van der Waals surface area contributed by atoms with E-state index in [1.54, 1.807) is 4.52 Å². The minimum absolute atomic E-state index is 0.461. The Hall–Kier alpha value is -1.62. The van der Waals surface area contributed by atoms with E-state index < -0.39 is 0 Å². The van der Waals surface area contributed by atoms with Crippen LogP contribution in [-0.4, -0.2) is 33.7 Å². The fourth-order valence-electron chi connectivity index (χ4n) is 1.85. The van der Waals surface area contributed by atoms with Crippen molar-refractivity contribution in [2.24, 2.45) is 0 Å². The van der Waals surface area contributed by atoms with Crippen molar-refractivity contribution in [3.8, 4) is 0 Å². The fraction of sp³-hybridized carbons (Fsp3) is 0.400. The van der Waals surface area contributed by atoms with E-state index >= 15 is 0 Å². The molecule has 5 nitrogen and oxygen atoms in total. The van der Waals surface area contributed by atoms with E-state index in [0.29, 0.717) is 6.04 Å². The lowest BCUT2D eigenvalue weighted by atomic mass is 10.3. The Labute approximate surface area is 87.5 Å². The first-order chi connectivity index (χ1) is 7.42. The molecule has 1 saturated heterocycles. The highest BCUT2D eigenvalue weighted by Crippen LogP contribution is 2.08. The molecule has 0 amide bonds. The standard InChI is InChI=1S/C10H13N5/c1-2-6-15-9(3-1)13-10(14-15)12-8-4-5-11-7-8/h1-3,6,8,11H,4-5,7H2,(H,12,14). The predicted molar refractivity (Wildman–Crippen MR) is 57.9 cm³/mol. The molecule has 3 rings (SSSR count). The first-order valence-corrected chi connectivity index (χ1v) is 5.20. The van der Waals surface area contributed by atoms with Crippen LogP contribution in [0, 0.1) is 0 Å². The Morgan fingerprint density at radius 3 is 3.27 bits per heavy atom. The predicted octanol–water partition coefficient (Wildman–Crippen LogP) is 0.503. The number of nitrogens with zero attached hydrogens (tertiary/aromatic N) is 3. The van der Waals surface area contributed by atoms with Gasteiger partial charge in [-0.3, -0.25) is 0 Å². The zero-order chi connectivity index (χ0) is 10.1. The number of nitrogens with one attached hydrogen (secondary N) is 2. The van der Waals surface area contributed by atoms with E-state index in [-0.39, 0.29) is 0 Å². The van der Waals surface area contributed by atoms with Crippen molar-refractivity contribution in [3.05, 3.63) is 24.4 Å². The SMILES string of the molecule is c1ccn2nc(NC3CCNC3)nc2c1. The molecule has 1 fully saturated rings. The van der Waals surface area contributed by atoms with Gasteiger partial charge in [-0.05, 0) is 25.1 Å². The van der Waals surface area contributed by atoms with Crippen LogP contribution in [0.3, 0.4) is 0 Å². The van der Waals surface area contributed by atoms with E-state index in [0.717, 1.165) is 31.1 Å². The van der Waals surface area contributed by atoms with Gasteiger partial charge in [0.05, 0.1) is 0 Å². The molecule has 0 saturated carbocycles. The van der Waals surface area contributed by atoms with Crippen LogP contribution in [0.1, 0.15) is 6.42 Å². The number of aromatic nitrogens is 3. The molecule has 2 aromatic rings. The van der Waals surface area contributed by atoms with Crippen molar-refractivity contribution in [3.63, 3.8) is 0 Å². The molecule has 0 bridgehead atoms. The van der Waals surface area contributed by atoms with Crippen molar-refractivity contribution < 1.29 is 0 Å². The van der Waals surface area contributed by atoms with Crippen molar-refractivity contribution in [2.45, 2.75) is 12.5 Å². The molecule has 0 spiro atoms. The van der Waals surface area contributed by atoms with Gasteiger partial charge in [-0.25, -0.2) is 4.52 Å². The maximum atomic E-state index is 4.39. The average Bonchev–Trinajstić information content (AvgIpc) is 2.86. The van der Waals surface area contributed by atoms with Gasteiger partial charge in [0, 0.05) is 18.8 Å². The molecule has 15 heavy (non-hydrogen) atoms. The molecule has 0 radical (unpaired) electrons. The molecular weight excluding hydrogens is 190 g/mol. The van der Waals surface area contributed by atoms with Crippen LogP contribution in [0.2, 0.25) is 0 Å². The van der Waals surface area contributed by atoms with Gasteiger partial charge in [0.1, 0.15) is 0 Å². The maximum Gasteiger partial charge on any atom is 0.243 e. The van der Waals surface area contributed by atoms with Crippen molar-refractivity contribution >= 4 is 11.6 Å². The first-order valence-electron chi connectivity index (χ1n) is 5.20. The van der Waals surface area contributed by atoms with Gasteiger partial charge < -0.3 is 10.6 Å². The summed E-state index contributed by atoms with van der Waals surface area (Å²) in [6.45, 7) is 2.07. The van der Waals surface area contributed by atoms with Gasteiger partial charge >= 0.3 is 0 Å². The summed E-state index contributed by atoms with van der Waals surface area (Å²) in [5.41, 5.74) is 0.881. The van der Waals surface area contributed by atoms with Crippen LogP contribution >= 0.6 is 0 Å². The van der Waals surface area contributed by atoms with E-state index in [9.17, 15) is 0 Å². The van der Waals surface area contributed by atoms with E-state index in [2.05, 4.69) is 20.7 Å². The minimum Gasteiger partial charge on any atom is -0.349 e. The Morgan fingerprint density at radius 2 is 2.47 bits per heavy atom. The lowest BCUT2D eigenvalue weighted by Crippen LogP contribution is -2.22. The highest BCUT2D eigenvalue weighted by molar-refractivity contribution is 5.43. The topological polar surface area (TPSA) is 54.2 Å². The summed E-state index contributed by atoms with van der Waals surface area (Å²) in [5.74, 6) is 0.718.